The van der Waals surface area contributed by atoms with Gasteiger partial charge < -0.3 is 25.6 Å². The monoisotopic (exact) mass is 460 g/mol. The first kappa shape index (κ1) is 24.1. The molecule has 3 fully saturated rings. The molecule has 5 unspecified atom stereocenters. The van der Waals surface area contributed by atoms with E-state index < -0.39 is 24.7 Å². The Balaban J connectivity index is 1.47. The molecule has 1 aromatic rings. The van der Waals surface area contributed by atoms with Crippen molar-refractivity contribution in [2.24, 2.45) is 5.92 Å². The molecule has 0 aromatic heterocycles. The molecular formula is C25H37FN4O3. The first-order valence-electron chi connectivity index (χ1n) is 12.4. The fraction of sp³-hybridized carbons (Fsp3) is 0.680. The standard InChI is InChI=1S/C25H37FN4O3/c1-27-20(14-26)24(31)29-22(18-10-6-3-7-11-18)25(32)30-13-12-19-23(30)21(15-28-19)33-16-17-8-4-2-5-9-17/h2,4-5,8-9,18-23,27-28H,3,6-7,10-16H2,1H3,(H,29,31). The molecule has 0 spiro atoms. The van der Waals surface area contributed by atoms with Crippen LogP contribution < -0.4 is 16.0 Å². The zero-order valence-electron chi connectivity index (χ0n) is 19.5. The van der Waals surface area contributed by atoms with Gasteiger partial charge in [-0.2, -0.15) is 0 Å². The predicted molar refractivity (Wildman–Crippen MR) is 124 cm³/mol. The summed E-state index contributed by atoms with van der Waals surface area (Å²) in [5.41, 5.74) is 1.11. The van der Waals surface area contributed by atoms with Gasteiger partial charge >= 0.3 is 0 Å². The van der Waals surface area contributed by atoms with E-state index in [2.05, 4.69) is 16.0 Å². The van der Waals surface area contributed by atoms with E-state index in [0.717, 1.165) is 44.1 Å². The van der Waals surface area contributed by atoms with Crippen molar-refractivity contribution >= 4 is 11.8 Å². The number of nitrogens with one attached hydrogen (secondary N) is 3. The van der Waals surface area contributed by atoms with Crippen molar-refractivity contribution < 1.29 is 18.7 Å². The molecule has 2 amide bonds. The number of hydrogen-bond donors (Lipinski definition) is 3. The summed E-state index contributed by atoms with van der Waals surface area (Å²) < 4.78 is 19.6. The van der Waals surface area contributed by atoms with Crippen LogP contribution in [-0.2, 0) is 20.9 Å². The van der Waals surface area contributed by atoms with Crippen LogP contribution in [0.3, 0.4) is 0 Å². The summed E-state index contributed by atoms with van der Waals surface area (Å²) >= 11 is 0. The van der Waals surface area contributed by atoms with Crippen LogP contribution in [0.5, 0.6) is 0 Å². The Labute approximate surface area is 195 Å². The van der Waals surface area contributed by atoms with E-state index in [1.54, 1.807) is 7.05 Å². The lowest BCUT2D eigenvalue weighted by Crippen LogP contribution is -2.58. The number of carbonyl (C=O) groups is 2. The number of halogens is 1. The second-order valence-corrected chi connectivity index (χ2v) is 9.54. The largest absolute Gasteiger partial charge is 0.370 e. The Hall–Kier alpha value is -2.03. The number of likely N-dealkylation sites (N-methyl/N-ethyl adjacent to an activating group) is 1. The second-order valence-electron chi connectivity index (χ2n) is 9.54. The molecule has 8 heteroatoms. The highest BCUT2D eigenvalue weighted by molar-refractivity contribution is 5.90. The van der Waals surface area contributed by atoms with Crippen LogP contribution in [0.1, 0.15) is 44.1 Å². The van der Waals surface area contributed by atoms with Gasteiger partial charge in [0.05, 0.1) is 18.8 Å². The van der Waals surface area contributed by atoms with Gasteiger partial charge in [-0.25, -0.2) is 4.39 Å². The van der Waals surface area contributed by atoms with Crippen LogP contribution in [0.25, 0.3) is 0 Å². The summed E-state index contributed by atoms with van der Waals surface area (Å²) in [5, 5.41) is 9.15. The SMILES string of the molecule is CNC(CF)C(=O)NC(C(=O)N1CCC2NCC(OCc3ccccc3)C21)C1CCCCC1. The number of alkyl halides is 1. The number of rotatable bonds is 9. The van der Waals surface area contributed by atoms with E-state index in [-0.39, 0.29) is 30.0 Å². The number of fused-ring (bicyclic) bond motifs is 1. The molecular weight excluding hydrogens is 423 g/mol. The Kier molecular flexibility index (Phi) is 8.33. The smallest absolute Gasteiger partial charge is 0.245 e. The Bertz CT molecular complexity index is 785. The van der Waals surface area contributed by atoms with Crippen molar-refractivity contribution in [1.82, 2.24) is 20.9 Å². The first-order chi connectivity index (χ1) is 16.1. The molecule has 2 saturated heterocycles. The topological polar surface area (TPSA) is 82.7 Å². The molecule has 1 saturated carbocycles. The molecule has 1 aliphatic carbocycles. The summed E-state index contributed by atoms with van der Waals surface area (Å²) in [7, 11) is 1.56. The van der Waals surface area contributed by atoms with Gasteiger partial charge in [-0.3, -0.25) is 9.59 Å². The minimum Gasteiger partial charge on any atom is -0.370 e. The van der Waals surface area contributed by atoms with Crippen molar-refractivity contribution in [3.8, 4) is 0 Å². The van der Waals surface area contributed by atoms with Crippen LogP contribution in [0.15, 0.2) is 30.3 Å². The lowest BCUT2D eigenvalue weighted by molar-refractivity contribution is -0.141. The highest BCUT2D eigenvalue weighted by Gasteiger charge is 2.49. The fourth-order valence-corrected chi connectivity index (χ4v) is 5.64. The van der Waals surface area contributed by atoms with Crippen molar-refractivity contribution in [2.45, 2.75) is 75.4 Å². The summed E-state index contributed by atoms with van der Waals surface area (Å²) in [5.74, 6) is -0.404. The van der Waals surface area contributed by atoms with Crippen LogP contribution in [0, 0.1) is 5.92 Å². The first-order valence-corrected chi connectivity index (χ1v) is 12.4. The maximum Gasteiger partial charge on any atom is 0.245 e. The van der Waals surface area contributed by atoms with Gasteiger partial charge in [0.1, 0.15) is 18.8 Å². The van der Waals surface area contributed by atoms with Crippen LogP contribution in [0.4, 0.5) is 4.39 Å². The number of hydrogen-bond acceptors (Lipinski definition) is 5. The van der Waals surface area contributed by atoms with E-state index in [1.165, 1.54) is 0 Å². The molecule has 3 N–H and O–H groups in total. The lowest BCUT2D eigenvalue weighted by Gasteiger charge is -2.36. The Morgan fingerprint density at radius 3 is 2.64 bits per heavy atom. The van der Waals surface area contributed by atoms with E-state index in [4.69, 9.17) is 4.74 Å². The van der Waals surface area contributed by atoms with Crippen LogP contribution in [-0.4, -0.2) is 73.8 Å². The summed E-state index contributed by atoms with van der Waals surface area (Å²) in [6.07, 6.45) is 5.85. The quantitative estimate of drug-likeness (QED) is 0.523. The van der Waals surface area contributed by atoms with Crippen LogP contribution in [0.2, 0.25) is 0 Å². The third-order valence-corrected chi connectivity index (χ3v) is 7.51. The highest BCUT2D eigenvalue weighted by atomic mass is 19.1. The predicted octanol–water partition coefficient (Wildman–Crippen LogP) is 1.77. The lowest BCUT2D eigenvalue weighted by atomic mass is 9.83. The van der Waals surface area contributed by atoms with Gasteiger partial charge in [-0.15, -0.1) is 0 Å². The number of amides is 2. The van der Waals surface area contributed by atoms with Gasteiger partial charge in [0.15, 0.2) is 0 Å². The highest BCUT2D eigenvalue weighted by Crippen LogP contribution is 2.32. The van der Waals surface area contributed by atoms with E-state index in [1.807, 2.05) is 35.2 Å². The Morgan fingerprint density at radius 1 is 1.18 bits per heavy atom. The molecule has 7 nitrogen and oxygen atoms in total. The average molecular weight is 461 g/mol. The third kappa shape index (κ3) is 5.55. The maximum absolute atomic E-state index is 13.9. The maximum atomic E-state index is 13.9. The molecule has 182 valence electrons. The molecule has 5 atom stereocenters. The van der Waals surface area contributed by atoms with Crippen molar-refractivity contribution in [3.63, 3.8) is 0 Å². The van der Waals surface area contributed by atoms with E-state index in [9.17, 15) is 14.0 Å². The Morgan fingerprint density at radius 2 is 1.94 bits per heavy atom. The van der Waals surface area contributed by atoms with Crippen molar-refractivity contribution in [2.75, 3.05) is 26.8 Å². The zero-order valence-corrected chi connectivity index (χ0v) is 19.5. The number of ether oxygens (including phenoxy) is 1. The normalized spacial score (nSPS) is 27.2. The number of benzene rings is 1. The van der Waals surface area contributed by atoms with Gasteiger partial charge in [-0.1, -0.05) is 49.6 Å². The minimum atomic E-state index is -0.940. The van der Waals surface area contributed by atoms with Gasteiger partial charge in [0.2, 0.25) is 11.8 Å². The molecule has 2 heterocycles. The third-order valence-electron chi connectivity index (χ3n) is 7.51. The van der Waals surface area contributed by atoms with Crippen LogP contribution >= 0.6 is 0 Å². The molecule has 0 radical (unpaired) electrons. The van der Waals surface area contributed by atoms with Gasteiger partial charge in [-0.05, 0) is 37.8 Å². The summed E-state index contributed by atoms with van der Waals surface area (Å²) in [6.45, 7) is 1.04. The number of likely N-dealkylation sites (tertiary alicyclic amines) is 1. The van der Waals surface area contributed by atoms with Crippen molar-refractivity contribution in [1.29, 1.82) is 0 Å². The van der Waals surface area contributed by atoms with E-state index in [0.29, 0.717) is 19.7 Å². The molecule has 4 rings (SSSR count). The summed E-state index contributed by atoms with van der Waals surface area (Å²) in [4.78, 5) is 28.5. The average Bonchev–Trinajstić information content (AvgIpc) is 3.45. The minimum absolute atomic E-state index is 0.0477. The number of carbonyl (C=O) groups excluding carboxylic acids is 2. The van der Waals surface area contributed by atoms with E-state index >= 15 is 0 Å². The van der Waals surface area contributed by atoms with Crippen molar-refractivity contribution in [3.05, 3.63) is 35.9 Å². The molecule has 1 aromatic carbocycles. The molecule has 3 aliphatic rings. The molecule has 0 bridgehead atoms. The summed E-state index contributed by atoms with van der Waals surface area (Å²) in [6, 6.07) is 8.64. The number of nitrogens with zero attached hydrogens (tertiary/aromatic N) is 1. The zero-order chi connectivity index (χ0) is 23.2. The van der Waals surface area contributed by atoms with Gasteiger partial charge in [0, 0.05) is 19.1 Å². The fourth-order valence-electron chi connectivity index (χ4n) is 5.64. The molecule has 2 aliphatic heterocycles. The molecule has 33 heavy (non-hydrogen) atoms. The van der Waals surface area contributed by atoms with Gasteiger partial charge in [0.25, 0.3) is 0 Å². The second kappa shape index (κ2) is 11.4.